The first-order valence-electron chi connectivity index (χ1n) is 29.0. The minimum atomic E-state index is -0.621. The molecule has 2 aliphatic carbocycles. The van der Waals surface area contributed by atoms with Crippen LogP contribution in [0.4, 0.5) is 17.1 Å². The zero-order valence-electron chi connectivity index (χ0n) is 48.4. The Bertz CT molecular complexity index is 4050. The summed E-state index contributed by atoms with van der Waals surface area (Å²) >= 11 is 0. The Labute approximate surface area is 481 Å². The quantitative estimate of drug-likeness (QED) is 0.139. The Kier molecular flexibility index (Phi) is 12.4. The molecule has 396 valence electrons. The first kappa shape index (κ1) is 51.6. The van der Waals surface area contributed by atoms with Gasteiger partial charge in [0.1, 0.15) is 0 Å². The van der Waals surface area contributed by atoms with Crippen LogP contribution >= 0.6 is 0 Å². The van der Waals surface area contributed by atoms with Crippen LogP contribution in [-0.4, -0.2) is 0 Å². The number of benzene rings is 11. The average molecular weight is 1050 g/mol. The van der Waals surface area contributed by atoms with E-state index in [2.05, 4.69) is 334 Å². The van der Waals surface area contributed by atoms with Crippen molar-refractivity contribution in [1.82, 2.24) is 0 Å². The van der Waals surface area contributed by atoms with Gasteiger partial charge in [-0.25, -0.2) is 0 Å². The molecule has 0 spiro atoms. The van der Waals surface area contributed by atoms with Crippen molar-refractivity contribution >= 4 is 17.1 Å². The van der Waals surface area contributed by atoms with Crippen LogP contribution in [0.3, 0.4) is 0 Å². The molecule has 11 aromatic rings. The monoisotopic (exact) mass is 1050 g/mol. The standard InChI is InChI=1S/C80H71N/c1-76(2,3)58-35-41-62(42-36-58)79(61-24-14-11-15-25-61)72-29-18-16-27-68(72)70-49-47-66(52-74(70)79)81(65-26-20-23-57(51-65)56-33-31-55(32-34-56)54-21-12-10-13-22-54)67-48-50-71-69-28-17-19-30-73(69)80(75(71)53-67,63-43-37-59(38-44-63)77(4,5)6)64-45-39-60(40-46-64)78(7,8)9/h10-53H,1-9H3. The highest BCUT2D eigenvalue weighted by Gasteiger charge is 2.48. The lowest BCUT2D eigenvalue weighted by Crippen LogP contribution is -2.29. The van der Waals surface area contributed by atoms with Gasteiger partial charge >= 0.3 is 0 Å². The van der Waals surface area contributed by atoms with E-state index in [-0.39, 0.29) is 16.2 Å². The molecule has 0 saturated heterocycles. The summed E-state index contributed by atoms with van der Waals surface area (Å²) in [6.45, 7) is 20.8. The molecular formula is C80H71N. The van der Waals surface area contributed by atoms with E-state index in [1.165, 1.54) is 100 Å². The number of fused-ring (bicyclic) bond motifs is 6. The van der Waals surface area contributed by atoms with Crippen LogP contribution in [0.1, 0.15) is 124 Å². The van der Waals surface area contributed by atoms with Gasteiger partial charge in [-0.1, -0.05) is 293 Å². The van der Waals surface area contributed by atoms with Crippen molar-refractivity contribution in [2.75, 3.05) is 4.90 Å². The fourth-order valence-corrected chi connectivity index (χ4v) is 13.5. The second-order valence-electron chi connectivity index (χ2n) is 25.7. The molecule has 0 bridgehead atoms. The lowest BCUT2D eigenvalue weighted by Gasteiger charge is -2.36. The summed E-state index contributed by atoms with van der Waals surface area (Å²) in [6, 6.07) is 102. The Morgan fingerprint density at radius 3 is 0.975 bits per heavy atom. The van der Waals surface area contributed by atoms with Crippen molar-refractivity contribution in [2.24, 2.45) is 0 Å². The molecule has 0 aromatic heterocycles. The maximum atomic E-state index is 2.53. The largest absolute Gasteiger partial charge is 0.310 e. The van der Waals surface area contributed by atoms with Crippen molar-refractivity contribution in [3.63, 3.8) is 0 Å². The average Bonchev–Trinajstić information content (AvgIpc) is 3.77. The minimum Gasteiger partial charge on any atom is -0.310 e. The topological polar surface area (TPSA) is 3.24 Å². The summed E-state index contributed by atoms with van der Waals surface area (Å²) in [5, 5.41) is 0. The molecule has 1 atom stereocenters. The van der Waals surface area contributed by atoms with Crippen LogP contribution in [0.2, 0.25) is 0 Å². The molecule has 0 aliphatic heterocycles. The molecule has 11 aromatic carbocycles. The maximum Gasteiger partial charge on any atom is 0.0714 e. The lowest BCUT2D eigenvalue weighted by molar-refractivity contribution is 0.588. The Balaban J connectivity index is 1.07. The second-order valence-corrected chi connectivity index (χ2v) is 25.7. The summed E-state index contributed by atoms with van der Waals surface area (Å²) in [5.74, 6) is 0. The smallest absolute Gasteiger partial charge is 0.0714 e. The number of hydrogen-bond donors (Lipinski definition) is 0. The fraction of sp³-hybridized carbons (Fsp3) is 0.175. The molecule has 0 amide bonds. The minimum absolute atomic E-state index is 0.00286. The van der Waals surface area contributed by atoms with Crippen molar-refractivity contribution in [2.45, 2.75) is 89.4 Å². The number of anilines is 3. The van der Waals surface area contributed by atoms with Crippen molar-refractivity contribution in [1.29, 1.82) is 0 Å². The highest BCUT2D eigenvalue weighted by Crippen LogP contribution is 2.60. The van der Waals surface area contributed by atoms with E-state index < -0.39 is 10.8 Å². The predicted molar refractivity (Wildman–Crippen MR) is 343 cm³/mol. The number of rotatable bonds is 9. The maximum absolute atomic E-state index is 2.53. The van der Waals surface area contributed by atoms with Crippen LogP contribution in [-0.2, 0) is 27.1 Å². The highest BCUT2D eigenvalue weighted by atomic mass is 15.1. The second kappa shape index (κ2) is 19.5. The fourth-order valence-electron chi connectivity index (χ4n) is 13.5. The van der Waals surface area contributed by atoms with Crippen LogP contribution in [0, 0.1) is 0 Å². The molecule has 0 N–H and O–H groups in total. The van der Waals surface area contributed by atoms with Gasteiger partial charge in [-0.15, -0.1) is 0 Å². The molecule has 1 heteroatoms. The van der Waals surface area contributed by atoms with E-state index in [0.29, 0.717) is 0 Å². The zero-order chi connectivity index (χ0) is 55.9. The summed E-state index contributed by atoms with van der Waals surface area (Å²) in [6.07, 6.45) is 0. The molecule has 0 fully saturated rings. The van der Waals surface area contributed by atoms with Crippen LogP contribution in [0.5, 0.6) is 0 Å². The normalized spacial score (nSPS) is 15.1. The summed E-state index contributed by atoms with van der Waals surface area (Å²) in [7, 11) is 0. The van der Waals surface area contributed by atoms with E-state index in [4.69, 9.17) is 0 Å². The van der Waals surface area contributed by atoms with Crippen molar-refractivity contribution in [3.05, 3.63) is 328 Å². The van der Waals surface area contributed by atoms with Gasteiger partial charge in [0.2, 0.25) is 0 Å². The van der Waals surface area contributed by atoms with Gasteiger partial charge < -0.3 is 4.90 Å². The van der Waals surface area contributed by atoms with E-state index in [1.807, 2.05) is 0 Å². The molecule has 0 radical (unpaired) electrons. The van der Waals surface area contributed by atoms with Gasteiger partial charge in [0.15, 0.2) is 0 Å². The lowest BCUT2D eigenvalue weighted by atomic mass is 9.66. The van der Waals surface area contributed by atoms with Gasteiger partial charge in [-0.2, -0.15) is 0 Å². The third kappa shape index (κ3) is 8.60. The number of nitrogens with zero attached hydrogens (tertiary/aromatic N) is 1. The molecule has 1 nitrogen and oxygen atoms in total. The van der Waals surface area contributed by atoms with Gasteiger partial charge in [0, 0.05) is 17.1 Å². The third-order valence-corrected chi connectivity index (χ3v) is 17.8. The summed E-state index contributed by atoms with van der Waals surface area (Å²) < 4.78 is 0. The molecule has 2 aliphatic rings. The van der Waals surface area contributed by atoms with E-state index in [0.717, 1.165) is 22.6 Å². The molecule has 13 rings (SSSR count). The summed E-state index contributed by atoms with van der Waals surface area (Å²) in [4.78, 5) is 2.53. The van der Waals surface area contributed by atoms with E-state index in [9.17, 15) is 0 Å². The van der Waals surface area contributed by atoms with Gasteiger partial charge in [0.05, 0.1) is 10.8 Å². The van der Waals surface area contributed by atoms with Crippen molar-refractivity contribution < 1.29 is 0 Å². The number of hydrogen-bond acceptors (Lipinski definition) is 1. The Morgan fingerprint density at radius 2 is 0.556 bits per heavy atom. The molecular weight excluding hydrogens is 975 g/mol. The summed E-state index contributed by atoms with van der Waals surface area (Å²) in [5.41, 5.74) is 26.0. The van der Waals surface area contributed by atoms with Crippen LogP contribution in [0.25, 0.3) is 44.5 Å². The highest BCUT2D eigenvalue weighted by molar-refractivity contribution is 5.93. The Hall–Kier alpha value is -8.78. The Morgan fingerprint density at radius 1 is 0.235 bits per heavy atom. The van der Waals surface area contributed by atoms with Gasteiger partial charge in [-0.05, 0) is 158 Å². The van der Waals surface area contributed by atoms with Gasteiger partial charge in [0.25, 0.3) is 0 Å². The third-order valence-electron chi connectivity index (χ3n) is 17.8. The first-order chi connectivity index (χ1) is 39.0. The molecule has 0 saturated carbocycles. The SMILES string of the molecule is CC(C)(C)c1ccc(C2(c3ccccc3)c3ccccc3-c3ccc(N(c4cccc(-c5ccc(-c6ccccc6)cc5)c4)c4ccc5c(c4)C(c4ccc(C(C)(C)C)cc4)(c4ccc(C(C)(C)C)cc4)c4ccccc4-5)cc32)cc1. The van der Waals surface area contributed by atoms with Crippen LogP contribution in [0.15, 0.2) is 267 Å². The molecule has 81 heavy (non-hydrogen) atoms. The molecule has 1 unspecified atom stereocenters. The first-order valence-corrected chi connectivity index (χ1v) is 29.0. The van der Waals surface area contributed by atoms with Crippen LogP contribution < -0.4 is 4.90 Å². The van der Waals surface area contributed by atoms with Gasteiger partial charge in [-0.3, -0.25) is 0 Å². The van der Waals surface area contributed by atoms with E-state index in [1.54, 1.807) is 0 Å². The predicted octanol–water partition coefficient (Wildman–Crippen LogP) is 21.1. The van der Waals surface area contributed by atoms with E-state index >= 15 is 0 Å². The zero-order valence-corrected chi connectivity index (χ0v) is 48.4. The van der Waals surface area contributed by atoms with Crippen molar-refractivity contribution in [3.8, 4) is 44.5 Å². The molecule has 0 heterocycles.